The number of nitrogens with two attached hydrogens (primary N) is 1. The number of carbonyl (C=O) groups excluding carboxylic acids is 1. The molecule has 4 rings (SSSR count). The van der Waals surface area contributed by atoms with Crippen molar-refractivity contribution in [1.29, 1.82) is 0 Å². The zero-order valence-corrected chi connectivity index (χ0v) is 21.0. The summed E-state index contributed by atoms with van der Waals surface area (Å²) in [4.78, 5) is 23.8. The highest BCUT2D eigenvalue weighted by Gasteiger charge is 2.43. The largest absolute Gasteiger partial charge is 0.481 e. The summed E-state index contributed by atoms with van der Waals surface area (Å²) in [5.74, 6) is -0.836. The number of carboxylic acid groups (broad SMARTS) is 1. The van der Waals surface area contributed by atoms with Gasteiger partial charge in [-0.05, 0) is 68.2 Å². The molecule has 2 aromatic rings. The highest BCUT2D eigenvalue weighted by molar-refractivity contribution is 6.30. The van der Waals surface area contributed by atoms with Crippen LogP contribution in [0.4, 0.5) is 0 Å². The Labute approximate surface area is 211 Å². The molecule has 0 aliphatic carbocycles. The Balaban J connectivity index is 0.000000192. The molecule has 6 nitrogen and oxygen atoms in total. The van der Waals surface area contributed by atoms with E-state index in [2.05, 4.69) is 10.6 Å². The molecule has 0 amide bonds. The lowest BCUT2D eigenvalue weighted by molar-refractivity contribution is -0.664. The molecule has 2 aliphatic heterocycles. The van der Waals surface area contributed by atoms with E-state index in [0.29, 0.717) is 29.5 Å². The van der Waals surface area contributed by atoms with Gasteiger partial charge in [0.1, 0.15) is 5.41 Å². The van der Waals surface area contributed by atoms with Gasteiger partial charge in [-0.15, -0.1) is 0 Å². The molecule has 34 heavy (non-hydrogen) atoms. The van der Waals surface area contributed by atoms with Gasteiger partial charge in [0.2, 0.25) is 0 Å². The van der Waals surface area contributed by atoms with E-state index in [0.717, 1.165) is 50.1 Å². The predicted molar refractivity (Wildman–Crippen MR) is 134 cm³/mol. The fraction of sp³-hybridized carbons (Fsp3) is 0.462. The van der Waals surface area contributed by atoms with Crippen molar-refractivity contribution in [2.45, 2.75) is 43.4 Å². The van der Waals surface area contributed by atoms with Crippen LogP contribution in [0, 0.1) is 0 Å². The van der Waals surface area contributed by atoms with E-state index < -0.39 is 16.8 Å². The van der Waals surface area contributed by atoms with Crippen LogP contribution >= 0.6 is 23.2 Å². The Kier molecular flexibility index (Phi) is 9.37. The summed E-state index contributed by atoms with van der Waals surface area (Å²) in [5.41, 5.74) is 0.662. The van der Waals surface area contributed by atoms with Gasteiger partial charge < -0.3 is 20.5 Å². The molecule has 0 radical (unpaired) electrons. The summed E-state index contributed by atoms with van der Waals surface area (Å²) >= 11 is 11.7. The van der Waals surface area contributed by atoms with Crippen LogP contribution < -0.4 is 10.6 Å². The molecule has 184 valence electrons. The van der Waals surface area contributed by atoms with Gasteiger partial charge in [-0.1, -0.05) is 47.5 Å². The second-order valence-corrected chi connectivity index (χ2v) is 9.69. The van der Waals surface area contributed by atoms with Crippen molar-refractivity contribution in [3.63, 3.8) is 0 Å². The first-order valence-corrected chi connectivity index (χ1v) is 12.5. The minimum Gasteiger partial charge on any atom is -0.481 e. The monoisotopic (exact) mass is 507 g/mol. The lowest BCUT2D eigenvalue weighted by Crippen LogP contribution is -2.87. The van der Waals surface area contributed by atoms with E-state index >= 15 is 0 Å². The predicted octanol–water partition coefficient (Wildman–Crippen LogP) is 3.54. The molecule has 0 atom stereocenters. The fourth-order valence-corrected chi connectivity index (χ4v) is 5.12. The van der Waals surface area contributed by atoms with Gasteiger partial charge in [0, 0.05) is 22.9 Å². The Hall–Kier alpha value is -2.12. The van der Waals surface area contributed by atoms with Gasteiger partial charge in [0.15, 0.2) is 0 Å². The molecule has 0 bridgehead atoms. The molecule has 8 heteroatoms. The van der Waals surface area contributed by atoms with Crippen LogP contribution in [0.5, 0.6) is 0 Å². The van der Waals surface area contributed by atoms with Gasteiger partial charge in [-0.2, -0.15) is 0 Å². The first-order valence-electron chi connectivity index (χ1n) is 11.8. The molecule has 2 heterocycles. The van der Waals surface area contributed by atoms with Crippen molar-refractivity contribution >= 4 is 35.1 Å². The second-order valence-electron chi connectivity index (χ2n) is 8.82. The summed E-state index contributed by atoms with van der Waals surface area (Å²) in [6.07, 6.45) is 2.91. The van der Waals surface area contributed by atoms with Gasteiger partial charge in [0.05, 0.1) is 25.1 Å². The van der Waals surface area contributed by atoms with Crippen LogP contribution in [0.2, 0.25) is 10.0 Å². The minimum atomic E-state index is -0.720. The van der Waals surface area contributed by atoms with Gasteiger partial charge in [0.25, 0.3) is 0 Å². The number of esters is 1. The molecule has 2 fully saturated rings. The molecule has 2 aliphatic rings. The van der Waals surface area contributed by atoms with Gasteiger partial charge in [-0.25, -0.2) is 0 Å². The van der Waals surface area contributed by atoms with Crippen LogP contribution in [0.25, 0.3) is 0 Å². The summed E-state index contributed by atoms with van der Waals surface area (Å²) in [6, 6.07) is 14.7. The maximum atomic E-state index is 12.3. The Bertz CT molecular complexity index is 952. The number of hydrogen-bond acceptors (Lipinski definition) is 4. The average Bonchev–Trinajstić information content (AvgIpc) is 2.86. The Morgan fingerprint density at radius 2 is 1.35 bits per heavy atom. The van der Waals surface area contributed by atoms with E-state index in [1.54, 1.807) is 12.1 Å². The van der Waals surface area contributed by atoms with Crippen molar-refractivity contribution in [1.82, 2.24) is 5.32 Å². The number of quaternary nitrogens is 1. The van der Waals surface area contributed by atoms with E-state index in [4.69, 9.17) is 27.9 Å². The molecule has 0 saturated carbocycles. The molecular weight excluding hydrogens is 475 g/mol. The van der Waals surface area contributed by atoms with E-state index in [1.165, 1.54) is 0 Å². The normalized spacial score (nSPS) is 18.8. The standard InChI is InChI=1S/C14H18ClNO2.C12H14ClNO2/c1-2-18-13(17)14(7-9-16-10-8-14)11-3-5-12(15)6-4-11;13-10-3-1-9(2-4-10)12(11(15)16)5-7-14-8-6-12/h3-6,16H,2,7-10H2,1H3;1-4,14H,5-8H2,(H,15,16)/p+1. The molecule has 2 aromatic carbocycles. The lowest BCUT2D eigenvalue weighted by atomic mass is 9.73. The summed E-state index contributed by atoms with van der Waals surface area (Å²) in [5, 5.41) is 16.2. The second kappa shape index (κ2) is 12.0. The Morgan fingerprint density at radius 1 is 0.882 bits per heavy atom. The van der Waals surface area contributed by atoms with Gasteiger partial charge >= 0.3 is 11.9 Å². The molecule has 0 unspecified atom stereocenters. The van der Waals surface area contributed by atoms with Crippen molar-refractivity contribution < 1.29 is 24.7 Å². The van der Waals surface area contributed by atoms with Crippen molar-refractivity contribution in [3.05, 3.63) is 69.7 Å². The minimum absolute atomic E-state index is 0.117. The molecule has 2 saturated heterocycles. The maximum absolute atomic E-state index is 12.3. The smallest absolute Gasteiger partial charge is 0.316 e. The highest BCUT2D eigenvalue weighted by atomic mass is 35.5. The first kappa shape index (κ1) is 26.5. The average molecular weight is 508 g/mol. The fourth-order valence-electron chi connectivity index (χ4n) is 4.86. The maximum Gasteiger partial charge on any atom is 0.316 e. The number of hydrogen-bond donors (Lipinski definition) is 3. The van der Waals surface area contributed by atoms with E-state index in [1.807, 2.05) is 43.3 Å². The van der Waals surface area contributed by atoms with Crippen LogP contribution in [0.3, 0.4) is 0 Å². The number of rotatable bonds is 5. The molecule has 0 aromatic heterocycles. The molecular formula is C26H33Cl2N2O4+. The molecule has 0 spiro atoms. The quantitative estimate of drug-likeness (QED) is 0.538. The number of aliphatic carboxylic acids is 1. The lowest BCUT2D eigenvalue weighted by Gasteiger charge is -2.35. The number of nitrogens with one attached hydrogen (secondary N) is 1. The number of carbonyl (C=O) groups is 2. The SMILES string of the molecule is CCOC(=O)C1(c2ccc(Cl)cc2)CCNCC1.O=C(O)C1(c2ccc(Cl)cc2)CC[NH2+]CC1. The van der Waals surface area contributed by atoms with Crippen molar-refractivity contribution in [3.8, 4) is 0 Å². The van der Waals surface area contributed by atoms with E-state index in [-0.39, 0.29) is 5.97 Å². The topological polar surface area (TPSA) is 92.2 Å². The Morgan fingerprint density at radius 3 is 1.79 bits per heavy atom. The number of benzene rings is 2. The van der Waals surface area contributed by atoms with Crippen molar-refractivity contribution in [2.75, 3.05) is 32.8 Å². The highest BCUT2D eigenvalue weighted by Crippen LogP contribution is 2.36. The van der Waals surface area contributed by atoms with Crippen LogP contribution in [0.15, 0.2) is 48.5 Å². The van der Waals surface area contributed by atoms with E-state index in [9.17, 15) is 14.7 Å². The third kappa shape index (κ3) is 5.92. The zero-order valence-electron chi connectivity index (χ0n) is 19.5. The number of ether oxygens (including phenoxy) is 1. The third-order valence-corrected chi connectivity index (χ3v) is 7.38. The molecule has 4 N–H and O–H groups in total. The summed E-state index contributed by atoms with van der Waals surface area (Å²) in [7, 11) is 0. The van der Waals surface area contributed by atoms with Crippen molar-refractivity contribution in [2.24, 2.45) is 0 Å². The first-order chi connectivity index (χ1) is 16.3. The van der Waals surface area contributed by atoms with Crippen LogP contribution in [0.1, 0.15) is 43.7 Å². The number of piperidine rings is 2. The third-order valence-electron chi connectivity index (χ3n) is 6.88. The van der Waals surface area contributed by atoms with Crippen LogP contribution in [-0.2, 0) is 25.2 Å². The zero-order chi connectivity index (χ0) is 24.6. The number of carboxylic acids is 1. The number of halogens is 2. The van der Waals surface area contributed by atoms with Gasteiger partial charge in [-0.3, -0.25) is 9.59 Å². The van der Waals surface area contributed by atoms with Crippen LogP contribution in [-0.4, -0.2) is 49.8 Å². The summed E-state index contributed by atoms with van der Waals surface area (Å²) < 4.78 is 5.27. The summed E-state index contributed by atoms with van der Waals surface area (Å²) in [6.45, 7) is 5.67.